The van der Waals surface area contributed by atoms with E-state index in [9.17, 15) is 14.0 Å². The maximum absolute atomic E-state index is 14.7. The lowest BCUT2D eigenvalue weighted by molar-refractivity contribution is -0.114. The van der Waals surface area contributed by atoms with Crippen LogP contribution in [-0.4, -0.2) is 24.6 Å². The summed E-state index contributed by atoms with van der Waals surface area (Å²) in [5.74, 6) is -0.928. The molecule has 0 spiro atoms. The zero-order valence-electron chi connectivity index (χ0n) is 15.0. The van der Waals surface area contributed by atoms with E-state index in [1.165, 1.54) is 18.7 Å². The predicted molar refractivity (Wildman–Crippen MR) is 110 cm³/mol. The summed E-state index contributed by atoms with van der Waals surface area (Å²) < 4.78 is 14.7. The van der Waals surface area contributed by atoms with Crippen LogP contribution in [0.2, 0.25) is 0 Å². The van der Waals surface area contributed by atoms with Crippen LogP contribution in [0.1, 0.15) is 28.4 Å². The van der Waals surface area contributed by atoms with Crippen molar-refractivity contribution in [3.8, 4) is 0 Å². The molecule has 0 aromatic heterocycles. The molecule has 1 heterocycles. The predicted octanol–water partition coefficient (Wildman–Crippen LogP) is 3.83. The fourth-order valence-corrected chi connectivity index (χ4v) is 3.53. The summed E-state index contributed by atoms with van der Waals surface area (Å²) in [6, 6.07) is 8.41. The lowest BCUT2D eigenvalue weighted by atomic mass is 9.99. The maximum atomic E-state index is 14.7. The molecule has 2 amide bonds. The molecule has 0 unspecified atom stereocenters. The van der Waals surface area contributed by atoms with Crippen molar-refractivity contribution in [2.45, 2.75) is 24.8 Å². The van der Waals surface area contributed by atoms with Gasteiger partial charge in [-0.1, -0.05) is 6.07 Å². The molecule has 3 N–H and O–H groups in total. The normalized spacial score (nSPS) is 12.6. The molecular weight excluding hydrogens is 389 g/mol. The molecule has 0 atom stereocenters. The van der Waals surface area contributed by atoms with Gasteiger partial charge in [-0.25, -0.2) is 4.39 Å². The third kappa shape index (κ3) is 4.80. The number of benzene rings is 2. The summed E-state index contributed by atoms with van der Waals surface area (Å²) in [4.78, 5) is 24.6. The second-order valence-electron chi connectivity index (χ2n) is 6.04. The van der Waals surface area contributed by atoms with Gasteiger partial charge in [0.25, 0.3) is 5.91 Å². The summed E-state index contributed by atoms with van der Waals surface area (Å²) in [6.45, 7) is 2.80. The largest absolute Gasteiger partial charge is 0.325 e. The van der Waals surface area contributed by atoms with E-state index in [0.717, 1.165) is 17.0 Å². The Labute approximate surface area is 167 Å². The quantitative estimate of drug-likeness (QED) is 0.671. The van der Waals surface area contributed by atoms with Crippen LogP contribution in [0.25, 0.3) is 0 Å². The first-order valence-corrected chi connectivity index (χ1v) is 9.50. The first kappa shape index (κ1) is 21.2. The summed E-state index contributed by atoms with van der Waals surface area (Å²) in [6.07, 6.45) is 2.46. The van der Waals surface area contributed by atoms with Crippen molar-refractivity contribution >= 4 is 47.4 Å². The van der Waals surface area contributed by atoms with E-state index in [1.807, 2.05) is 12.3 Å². The number of hydrogen-bond donors (Lipinski definition) is 3. The topological polar surface area (TPSA) is 70.2 Å². The Hall–Kier alpha value is -2.09. The van der Waals surface area contributed by atoms with Crippen LogP contribution in [-0.2, 0) is 17.8 Å². The highest BCUT2D eigenvalue weighted by atomic mass is 35.5. The molecule has 0 aliphatic carbocycles. The minimum Gasteiger partial charge on any atom is -0.325 e. The van der Waals surface area contributed by atoms with Gasteiger partial charge in [0.05, 0.1) is 11.4 Å². The van der Waals surface area contributed by atoms with Crippen molar-refractivity contribution < 1.29 is 14.0 Å². The minimum absolute atomic E-state index is 0. The van der Waals surface area contributed by atoms with Gasteiger partial charge < -0.3 is 16.0 Å². The van der Waals surface area contributed by atoms with E-state index >= 15 is 0 Å². The lowest BCUT2D eigenvalue weighted by Gasteiger charge is -2.19. The SMILES string of the molecule is CSc1cc(C(=O)Nc2ccc3c(c2F)CCNC3)ccc1NC(C)=O.Cl. The van der Waals surface area contributed by atoms with Crippen LogP contribution in [0.4, 0.5) is 15.8 Å². The summed E-state index contributed by atoms with van der Waals surface area (Å²) in [5.41, 5.74) is 2.83. The summed E-state index contributed by atoms with van der Waals surface area (Å²) in [5, 5.41) is 8.58. The third-order valence-corrected chi connectivity index (χ3v) is 5.01. The van der Waals surface area contributed by atoms with Crippen molar-refractivity contribution in [1.82, 2.24) is 5.32 Å². The molecule has 1 aliphatic heterocycles. The fraction of sp³-hybridized carbons (Fsp3) is 0.263. The number of hydrogen-bond acceptors (Lipinski definition) is 4. The molecule has 0 fully saturated rings. The number of anilines is 2. The van der Waals surface area contributed by atoms with E-state index in [-0.39, 0.29) is 35.7 Å². The third-order valence-electron chi connectivity index (χ3n) is 4.23. The second kappa shape index (κ2) is 9.21. The number of thioether (sulfide) groups is 1. The zero-order valence-corrected chi connectivity index (χ0v) is 16.7. The van der Waals surface area contributed by atoms with E-state index in [1.54, 1.807) is 24.3 Å². The van der Waals surface area contributed by atoms with Gasteiger partial charge in [0.2, 0.25) is 5.91 Å². The van der Waals surface area contributed by atoms with Crippen molar-refractivity contribution in [3.05, 3.63) is 52.8 Å². The molecule has 2 aromatic rings. The van der Waals surface area contributed by atoms with Gasteiger partial charge in [-0.3, -0.25) is 9.59 Å². The van der Waals surface area contributed by atoms with E-state index < -0.39 is 0 Å². The molecule has 0 radical (unpaired) electrons. The molecule has 3 rings (SSSR count). The van der Waals surface area contributed by atoms with Gasteiger partial charge in [-0.2, -0.15) is 0 Å². The van der Waals surface area contributed by atoms with Gasteiger partial charge >= 0.3 is 0 Å². The van der Waals surface area contributed by atoms with Crippen LogP contribution in [0, 0.1) is 5.82 Å². The maximum Gasteiger partial charge on any atom is 0.255 e. The van der Waals surface area contributed by atoms with Gasteiger partial charge in [-0.05, 0) is 54.6 Å². The second-order valence-corrected chi connectivity index (χ2v) is 6.89. The highest BCUT2D eigenvalue weighted by Crippen LogP contribution is 2.28. The lowest BCUT2D eigenvalue weighted by Crippen LogP contribution is -2.25. The molecule has 2 aromatic carbocycles. The molecule has 0 saturated heterocycles. The summed E-state index contributed by atoms with van der Waals surface area (Å²) >= 11 is 1.42. The first-order valence-electron chi connectivity index (χ1n) is 8.27. The Morgan fingerprint density at radius 1 is 1.15 bits per heavy atom. The smallest absolute Gasteiger partial charge is 0.255 e. The Morgan fingerprint density at radius 2 is 1.89 bits per heavy atom. The van der Waals surface area contributed by atoms with Crippen LogP contribution in [0.5, 0.6) is 0 Å². The molecule has 1 aliphatic rings. The number of carbonyl (C=O) groups is 2. The van der Waals surface area contributed by atoms with Gasteiger partial charge in [0, 0.05) is 23.9 Å². The van der Waals surface area contributed by atoms with Gasteiger partial charge in [0.1, 0.15) is 5.82 Å². The van der Waals surface area contributed by atoms with Gasteiger partial charge in [-0.15, -0.1) is 24.2 Å². The molecular formula is C19H21ClFN3O2S. The fourth-order valence-electron chi connectivity index (χ4n) is 2.95. The van der Waals surface area contributed by atoms with Crippen LogP contribution in [0.3, 0.4) is 0 Å². The number of halogens is 2. The number of amides is 2. The molecule has 144 valence electrons. The first-order chi connectivity index (χ1) is 12.5. The zero-order chi connectivity index (χ0) is 18.7. The Balaban J connectivity index is 0.00000261. The van der Waals surface area contributed by atoms with Crippen molar-refractivity contribution in [3.63, 3.8) is 0 Å². The van der Waals surface area contributed by atoms with Crippen molar-refractivity contribution in [2.75, 3.05) is 23.4 Å². The molecule has 27 heavy (non-hydrogen) atoms. The van der Waals surface area contributed by atoms with E-state index in [4.69, 9.17) is 0 Å². The van der Waals surface area contributed by atoms with Crippen molar-refractivity contribution in [2.24, 2.45) is 0 Å². The number of rotatable bonds is 4. The summed E-state index contributed by atoms with van der Waals surface area (Å²) in [7, 11) is 0. The monoisotopic (exact) mass is 409 g/mol. The van der Waals surface area contributed by atoms with E-state index in [0.29, 0.717) is 29.8 Å². The molecule has 5 nitrogen and oxygen atoms in total. The highest BCUT2D eigenvalue weighted by Gasteiger charge is 2.18. The minimum atomic E-state index is -0.387. The van der Waals surface area contributed by atoms with E-state index in [2.05, 4.69) is 16.0 Å². The Morgan fingerprint density at radius 3 is 2.59 bits per heavy atom. The standard InChI is InChI=1S/C19H20FN3O2S.ClH/c1-11(24)22-15-5-3-12(9-17(15)26-2)19(25)23-16-6-4-13-10-21-8-7-14(13)18(16)20;/h3-6,9,21H,7-8,10H2,1-2H3,(H,22,24)(H,23,25);1H. The van der Waals surface area contributed by atoms with Crippen molar-refractivity contribution in [1.29, 1.82) is 0 Å². The van der Waals surface area contributed by atoms with Crippen LogP contribution in [0.15, 0.2) is 35.2 Å². The number of fused-ring (bicyclic) bond motifs is 1. The Bertz CT molecular complexity index is 876. The molecule has 8 heteroatoms. The highest BCUT2D eigenvalue weighted by molar-refractivity contribution is 7.98. The molecule has 0 bridgehead atoms. The van der Waals surface area contributed by atoms with Crippen LogP contribution >= 0.6 is 24.2 Å². The average Bonchev–Trinajstić information content (AvgIpc) is 2.64. The van der Waals surface area contributed by atoms with Crippen LogP contribution < -0.4 is 16.0 Å². The Kier molecular flexibility index (Phi) is 7.24. The average molecular weight is 410 g/mol. The number of carbonyl (C=O) groups excluding carboxylic acids is 2. The molecule has 0 saturated carbocycles. The number of nitrogens with one attached hydrogen (secondary N) is 3. The van der Waals surface area contributed by atoms with Gasteiger partial charge in [0.15, 0.2) is 0 Å².